The largest absolute Gasteiger partial charge is 0.497 e. The lowest BCUT2D eigenvalue weighted by atomic mass is 9.91. The van der Waals surface area contributed by atoms with Gasteiger partial charge >= 0.3 is 0 Å². The summed E-state index contributed by atoms with van der Waals surface area (Å²) in [4.78, 5) is 39.6. The maximum absolute atomic E-state index is 13.5. The lowest BCUT2D eigenvalue weighted by molar-refractivity contribution is -0.133. The van der Waals surface area contributed by atoms with Crippen molar-refractivity contribution in [2.45, 2.75) is 44.4 Å². The van der Waals surface area contributed by atoms with Gasteiger partial charge in [0.25, 0.3) is 0 Å². The molecule has 2 aromatic carbocycles. The molecule has 2 heterocycles. The molecule has 0 unspecified atom stereocenters. The van der Waals surface area contributed by atoms with E-state index in [1.807, 2.05) is 54.6 Å². The number of methoxy groups -OCH3 is 1. The van der Waals surface area contributed by atoms with Crippen LogP contribution in [0.15, 0.2) is 67.0 Å². The predicted octanol–water partition coefficient (Wildman–Crippen LogP) is 2.19. The highest BCUT2D eigenvalue weighted by atomic mass is 16.6. The number of rotatable bonds is 13. The van der Waals surface area contributed by atoms with Crippen molar-refractivity contribution in [1.29, 1.82) is 0 Å². The average molecular weight is 491 g/mol. The number of carbonyl (C=O) groups excluding carboxylic acids is 3. The zero-order valence-corrected chi connectivity index (χ0v) is 20.4. The number of epoxide rings is 1. The molecule has 1 N–H and O–H groups in total. The molecule has 0 saturated carbocycles. The fraction of sp³-hybridized carbons (Fsp3) is 0.370. The maximum atomic E-state index is 13.5. The van der Waals surface area contributed by atoms with Crippen LogP contribution in [0, 0.1) is 5.92 Å². The molecule has 4 rings (SSSR count). The van der Waals surface area contributed by atoms with Crippen molar-refractivity contribution in [3.8, 4) is 5.75 Å². The maximum Gasteiger partial charge on any atom is 0.224 e. The summed E-state index contributed by atoms with van der Waals surface area (Å²) in [5.74, 6) is -0.646. The molecule has 1 fully saturated rings. The van der Waals surface area contributed by atoms with Crippen LogP contribution in [0.5, 0.6) is 5.75 Å². The van der Waals surface area contributed by atoms with Crippen LogP contribution in [0.1, 0.15) is 24.5 Å². The first-order valence-corrected chi connectivity index (χ1v) is 11.9. The van der Waals surface area contributed by atoms with E-state index >= 15 is 0 Å². The number of hydrogen-bond donors (Lipinski definition) is 1. The van der Waals surface area contributed by atoms with Crippen LogP contribution < -0.4 is 10.1 Å². The normalized spacial score (nSPS) is 18.2. The zero-order valence-electron chi connectivity index (χ0n) is 20.4. The van der Waals surface area contributed by atoms with Gasteiger partial charge in [0.05, 0.1) is 26.0 Å². The third-order valence-corrected chi connectivity index (χ3v) is 6.31. The van der Waals surface area contributed by atoms with Crippen LogP contribution in [0.3, 0.4) is 0 Å². The Hall–Kier alpha value is -3.85. The molecule has 0 spiro atoms. The van der Waals surface area contributed by atoms with Gasteiger partial charge in [-0.3, -0.25) is 14.4 Å². The first-order chi connectivity index (χ1) is 17.4. The molecule has 36 heavy (non-hydrogen) atoms. The predicted molar refractivity (Wildman–Crippen MR) is 131 cm³/mol. The first kappa shape index (κ1) is 25.2. The molecule has 0 radical (unpaired) electrons. The molecule has 0 bridgehead atoms. The van der Waals surface area contributed by atoms with Crippen molar-refractivity contribution in [3.63, 3.8) is 0 Å². The number of nitrogens with zero attached hydrogens (tertiary/aromatic N) is 3. The Morgan fingerprint density at radius 2 is 1.78 bits per heavy atom. The number of benzene rings is 2. The van der Waals surface area contributed by atoms with Crippen LogP contribution in [0.2, 0.25) is 0 Å². The van der Waals surface area contributed by atoms with Gasteiger partial charge in [-0.15, -0.1) is 5.10 Å². The molecular formula is C27H30N4O5. The Labute approximate surface area is 209 Å². The summed E-state index contributed by atoms with van der Waals surface area (Å²) < 4.78 is 12.0. The molecule has 9 heteroatoms. The summed E-state index contributed by atoms with van der Waals surface area (Å²) >= 11 is 0. The molecule has 1 aromatic heterocycles. The van der Waals surface area contributed by atoms with Gasteiger partial charge in [0.15, 0.2) is 11.6 Å². The first-order valence-electron chi connectivity index (χ1n) is 11.9. The van der Waals surface area contributed by atoms with E-state index in [9.17, 15) is 14.4 Å². The Morgan fingerprint density at radius 1 is 1.08 bits per heavy atom. The molecule has 0 aliphatic carbocycles. The second-order valence-corrected chi connectivity index (χ2v) is 9.23. The lowest BCUT2D eigenvalue weighted by Gasteiger charge is -2.23. The molecule has 188 valence electrons. The summed E-state index contributed by atoms with van der Waals surface area (Å²) in [7, 11) is 1.59. The van der Waals surface area contributed by atoms with Gasteiger partial charge in [-0.2, -0.15) is 0 Å². The van der Waals surface area contributed by atoms with Gasteiger partial charge in [-0.1, -0.05) is 47.7 Å². The molecule has 1 aliphatic heterocycles. The molecular weight excluding hydrogens is 460 g/mol. The van der Waals surface area contributed by atoms with Crippen LogP contribution in [-0.4, -0.2) is 57.8 Å². The minimum atomic E-state index is -0.888. The monoisotopic (exact) mass is 490 g/mol. The molecule has 3 atom stereocenters. The van der Waals surface area contributed by atoms with Crippen LogP contribution >= 0.6 is 0 Å². The Morgan fingerprint density at radius 3 is 2.39 bits per heavy atom. The Bertz CT molecular complexity index is 1170. The van der Waals surface area contributed by atoms with Crippen molar-refractivity contribution in [1.82, 2.24) is 20.3 Å². The fourth-order valence-electron chi connectivity index (χ4n) is 4.11. The fourth-order valence-corrected chi connectivity index (χ4v) is 4.11. The van der Waals surface area contributed by atoms with Gasteiger partial charge < -0.3 is 14.8 Å². The second-order valence-electron chi connectivity index (χ2n) is 9.23. The number of Topliss-reactive ketones (excluding diaryl/α,β-unsaturated/α-hetero) is 2. The number of hydrogen-bond acceptors (Lipinski definition) is 7. The van der Waals surface area contributed by atoms with E-state index < -0.39 is 17.6 Å². The van der Waals surface area contributed by atoms with Crippen molar-refractivity contribution in [3.05, 3.63) is 78.1 Å². The van der Waals surface area contributed by atoms with Crippen molar-refractivity contribution in [2.75, 3.05) is 13.7 Å². The molecule has 9 nitrogen and oxygen atoms in total. The number of ketones is 2. The minimum absolute atomic E-state index is 0.00224. The summed E-state index contributed by atoms with van der Waals surface area (Å²) in [6.45, 7) is 2.08. The van der Waals surface area contributed by atoms with Gasteiger partial charge in [-0.25, -0.2) is 4.68 Å². The van der Waals surface area contributed by atoms with E-state index in [4.69, 9.17) is 9.47 Å². The number of nitrogens with one attached hydrogen (secondary N) is 1. The lowest BCUT2D eigenvalue weighted by Crippen LogP contribution is -2.49. The molecule has 1 saturated heterocycles. The highest BCUT2D eigenvalue weighted by Gasteiger charge is 2.50. The topological polar surface area (TPSA) is 116 Å². The highest BCUT2D eigenvalue weighted by Crippen LogP contribution is 2.29. The number of amides is 1. The quantitative estimate of drug-likeness (QED) is 0.365. The number of carbonyl (C=O) groups is 3. The zero-order chi connectivity index (χ0) is 25.5. The van der Waals surface area contributed by atoms with Crippen molar-refractivity contribution in [2.24, 2.45) is 5.92 Å². The minimum Gasteiger partial charge on any atom is -0.497 e. The van der Waals surface area contributed by atoms with E-state index in [1.165, 1.54) is 10.9 Å². The van der Waals surface area contributed by atoms with Crippen molar-refractivity contribution < 1.29 is 23.9 Å². The Balaban J connectivity index is 1.52. The highest BCUT2D eigenvalue weighted by molar-refractivity contribution is 5.97. The van der Waals surface area contributed by atoms with Crippen molar-refractivity contribution >= 4 is 17.5 Å². The van der Waals surface area contributed by atoms with Gasteiger partial charge in [0.1, 0.15) is 17.9 Å². The molecule has 3 aromatic rings. The average Bonchev–Trinajstić information content (AvgIpc) is 3.43. The van der Waals surface area contributed by atoms with E-state index in [2.05, 4.69) is 15.6 Å². The SMILES string of the molecule is COc1ccc(C[C@H](CC(=O)Cn2ccnn2)C(=O)N[C@@H](Cc2ccccc2)C(=O)[C@@]2(C)CO2)cc1. The summed E-state index contributed by atoms with van der Waals surface area (Å²) in [6.07, 6.45) is 3.76. The standard InChI is InChI=1S/C27H30N4O5/c1-27(18-36-27)25(33)24(15-19-6-4-3-5-7-19)29-26(34)21(14-20-8-10-23(35-2)11-9-20)16-22(32)17-31-13-12-28-30-31/h3-13,21,24H,14-18H2,1-2H3,(H,29,34)/t21-,24+,27-/m1/s1. The van der Waals surface area contributed by atoms with E-state index in [-0.39, 0.29) is 30.4 Å². The summed E-state index contributed by atoms with van der Waals surface area (Å²) in [5, 5.41) is 10.5. The van der Waals surface area contributed by atoms with Crippen LogP contribution in [-0.2, 0) is 38.5 Å². The third-order valence-electron chi connectivity index (χ3n) is 6.31. The van der Waals surface area contributed by atoms with E-state index in [0.717, 1.165) is 11.1 Å². The van der Waals surface area contributed by atoms with Gasteiger partial charge in [-0.05, 0) is 43.0 Å². The number of ether oxygens (including phenoxy) is 2. The smallest absolute Gasteiger partial charge is 0.224 e. The molecule has 1 aliphatic rings. The molecule has 1 amide bonds. The van der Waals surface area contributed by atoms with E-state index in [1.54, 1.807) is 20.2 Å². The number of aromatic nitrogens is 3. The second kappa shape index (κ2) is 11.3. The van der Waals surface area contributed by atoms with E-state index in [0.29, 0.717) is 25.2 Å². The summed E-state index contributed by atoms with van der Waals surface area (Å²) in [6, 6.07) is 16.1. The van der Waals surface area contributed by atoms with Gasteiger partial charge in [0.2, 0.25) is 5.91 Å². The van der Waals surface area contributed by atoms with Gasteiger partial charge in [0, 0.05) is 18.5 Å². The third kappa shape index (κ3) is 6.63. The van der Waals surface area contributed by atoms with Crippen LogP contribution in [0.25, 0.3) is 0 Å². The Kier molecular flexibility index (Phi) is 7.90. The van der Waals surface area contributed by atoms with Crippen LogP contribution in [0.4, 0.5) is 0 Å². The summed E-state index contributed by atoms with van der Waals surface area (Å²) in [5.41, 5.74) is 0.920.